The quantitative estimate of drug-likeness (QED) is 0.798. The summed E-state index contributed by atoms with van der Waals surface area (Å²) in [5, 5.41) is 0. The van der Waals surface area contributed by atoms with Crippen molar-refractivity contribution < 1.29 is 18.3 Å². The molecule has 1 aromatic heterocycles. The Morgan fingerprint density at radius 2 is 2.27 bits per heavy atom. The molecule has 0 aliphatic heterocycles. The molecule has 0 amide bonds. The van der Waals surface area contributed by atoms with Crippen LogP contribution in [0.5, 0.6) is 0 Å². The van der Waals surface area contributed by atoms with Gasteiger partial charge in [-0.2, -0.15) is 0 Å². The Kier molecular flexibility index (Phi) is 4.14. The van der Waals surface area contributed by atoms with Crippen molar-refractivity contribution in [3.8, 4) is 0 Å². The molecule has 0 spiro atoms. The van der Waals surface area contributed by atoms with E-state index >= 15 is 0 Å². The van der Waals surface area contributed by atoms with Crippen molar-refractivity contribution in [1.82, 2.24) is 4.98 Å². The highest BCUT2D eigenvalue weighted by Gasteiger charge is 2.12. The van der Waals surface area contributed by atoms with Crippen molar-refractivity contribution in [2.45, 2.75) is 12.8 Å². The molecule has 15 heavy (non-hydrogen) atoms. The third-order valence-electron chi connectivity index (χ3n) is 1.64. The molecule has 0 fully saturated rings. The van der Waals surface area contributed by atoms with Crippen LogP contribution in [-0.4, -0.2) is 18.1 Å². The second-order valence-corrected chi connectivity index (χ2v) is 3.67. The first-order chi connectivity index (χ1) is 7.02. The highest BCUT2D eigenvalue weighted by Crippen LogP contribution is 2.21. The molecule has 0 saturated carbocycles. The van der Waals surface area contributed by atoms with E-state index in [9.17, 15) is 13.6 Å². The van der Waals surface area contributed by atoms with Gasteiger partial charge in [0.05, 0.1) is 19.2 Å². The van der Waals surface area contributed by atoms with E-state index in [1.807, 2.05) is 0 Å². The Balaban J connectivity index is 2.93. The zero-order valence-corrected chi connectivity index (χ0v) is 9.42. The van der Waals surface area contributed by atoms with E-state index in [0.29, 0.717) is 4.47 Å². The lowest BCUT2D eigenvalue weighted by Gasteiger charge is -2.04. The lowest BCUT2D eigenvalue weighted by atomic mass is 10.2. The van der Waals surface area contributed by atoms with Crippen LogP contribution in [0.3, 0.4) is 0 Å². The van der Waals surface area contributed by atoms with Crippen LogP contribution in [0.15, 0.2) is 16.6 Å². The summed E-state index contributed by atoms with van der Waals surface area (Å²) in [6, 6.07) is 2.72. The molecule has 3 nitrogen and oxygen atoms in total. The van der Waals surface area contributed by atoms with E-state index in [0.717, 1.165) is 0 Å². The Hall–Kier alpha value is -1.04. The number of halogens is 3. The molecular formula is C9H8BrF2NO2. The maximum Gasteiger partial charge on any atom is 0.311 e. The second kappa shape index (κ2) is 5.16. The smallest absolute Gasteiger partial charge is 0.311 e. The molecule has 1 heterocycles. The summed E-state index contributed by atoms with van der Waals surface area (Å²) in [6.45, 7) is 0. The third-order valence-corrected chi connectivity index (χ3v) is 2.10. The number of carbonyl (C=O) groups is 1. The molecule has 82 valence electrons. The van der Waals surface area contributed by atoms with E-state index in [1.165, 1.54) is 19.2 Å². The van der Waals surface area contributed by atoms with Gasteiger partial charge < -0.3 is 4.74 Å². The molecule has 0 N–H and O–H groups in total. The van der Waals surface area contributed by atoms with Crippen molar-refractivity contribution in [2.24, 2.45) is 0 Å². The van der Waals surface area contributed by atoms with Gasteiger partial charge in [-0.1, -0.05) is 15.9 Å². The molecule has 0 bridgehead atoms. The van der Waals surface area contributed by atoms with E-state index in [2.05, 4.69) is 25.7 Å². The fourth-order valence-corrected chi connectivity index (χ4v) is 1.49. The van der Waals surface area contributed by atoms with Gasteiger partial charge in [0.15, 0.2) is 0 Å². The highest BCUT2D eigenvalue weighted by atomic mass is 79.9. The molecule has 0 aliphatic rings. The van der Waals surface area contributed by atoms with Crippen molar-refractivity contribution >= 4 is 21.9 Å². The first kappa shape index (κ1) is 12.0. The van der Waals surface area contributed by atoms with Gasteiger partial charge in [-0.15, -0.1) is 0 Å². The van der Waals surface area contributed by atoms with Gasteiger partial charge in [-0.25, -0.2) is 8.78 Å². The molecule has 0 unspecified atom stereocenters. The molecule has 1 aromatic rings. The fourth-order valence-electron chi connectivity index (χ4n) is 0.995. The third kappa shape index (κ3) is 3.54. The van der Waals surface area contributed by atoms with Gasteiger partial charge in [-0.05, 0) is 12.1 Å². The molecule has 6 heteroatoms. The van der Waals surface area contributed by atoms with Crippen molar-refractivity contribution in [1.29, 1.82) is 0 Å². The van der Waals surface area contributed by atoms with Gasteiger partial charge in [-0.3, -0.25) is 9.78 Å². The second-order valence-electron chi connectivity index (χ2n) is 2.76. The minimum Gasteiger partial charge on any atom is -0.469 e. The number of methoxy groups -OCH3 is 1. The summed E-state index contributed by atoms with van der Waals surface area (Å²) in [7, 11) is 1.23. The molecule has 0 radical (unpaired) electrons. The molecule has 1 rings (SSSR count). The van der Waals surface area contributed by atoms with Crippen LogP contribution in [0, 0.1) is 0 Å². The lowest BCUT2D eigenvalue weighted by Crippen LogP contribution is -2.07. The summed E-state index contributed by atoms with van der Waals surface area (Å²) in [5.41, 5.74) is -0.102. The standard InChI is InChI=1S/C9H8BrF2NO2/c1-15-8(14)4-6-2-5(10)3-7(13-6)9(11)12/h2-3,9H,4H2,1H3. The average Bonchev–Trinajstić information content (AvgIpc) is 2.16. The molecule has 0 saturated heterocycles. The molecular weight excluding hydrogens is 272 g/mol. The number of hydrogen-bond acceptors (Lipinski definition) is 3. The number of esters is 1. The molecule has 0 aromatic carbocycles. The van der Waals surface area contributed by atoms with Crippen LogP contribution in [0.1, 0.15) is 17.8 Å². The minimum atomic E-state index is -2.65. The van der Waals surface area contributed by atoms with Gasteiger partial charge in [0.1, 0.15) is 5.69 Å². The predicted octanol–water partition coefficient (Wildman–Crippen LogP) is 2.50. The molecule has 0 atom stereocenters. The number of nitrogens with zero attached hydrogens (tertiary/aromatic N) is 1. The predicted molar refractivity (Wildman–Crippen MR) is 52.6 cm³/mol. The number of alkyl halides is 2. The summed E-state index contributed by atoms with van der Waals surface area (Å²) < 4.78 is 29.6. The van der Waals surface area contributed by atoms with Crippen molar-refractivity contribution in [3.63, 3.8) is 0 Å². The topological polar surface area (TPSA) is 39.2 Å². The van der Waals surface area contributed by atoms with Crippen molar-refractivity contribution in [2.75, 3.05) is 7.11 Å². The monoisotopic (exact) mass is 279 g/mol. The zero-order valence-electron chi connectivity index (χ0n) is 7.84. The Labute approximate surface area is 93.6 Å². The number of pyridine rings is 1. The number of ether oxygens (including phenoxy) is 1. The Bertz CT molecular complexity index is 371. The van der Waals surface area contributed by atoms with Crippen LogP contribution >= 0.6 is 15.9 Å². The molecule has 0 aliphatic carbocycles. The number of carbonyl (C=O) groups excluding carboxylic acids is 1. The summed E-state index contributed by atoms with van der Waals surface area (Å²) in [6.07, 6.45) is -2.77. The summed E-state index contributed by atoms with van der Waals surface area (Å²) >= 11 is 3.07. The summed E-state index contributed by atoms with van der Waals surface area (Å²) in [4.78, 5) is 14.5. The summed E-state index contributed by atoms with van der Waals surface area (Å²) in [5.74, 6) is -0.513. The first-order valence-corrected chi connectivity index (χ1v) is 4.83. The number of hydrogen-bond donors (Lipinski definition) is 0. The Morgan fingerprint density at radius 3 is 2.80 bits per heavy atom. The average molecular weight is 280 g/mol. The van der Waals surface area contributed by atoms with Crippen LogP contribution in [0.2, 0.25) is 0 Å². The van der Waals surface area contributed by atoms with E-state index in [4.69, 9.17) is 0 Å². The van der Waals surface area contributed by atoms with Gasteiger partial charge in [0.25, 0.3) is 6.43 Å². The van der Waals surface area contributed by atoms with E-state index in [1.54, 1.807) is 0 Å². The maximum absolute atomic E-state index is 12.3. The van der Waals surface area contributed by atoms with Crippen LogP contribution < -0.4 is 0 Å². The van der Waals surface area contributed by atoms with Crippen LogP contribution in [0.25, 0.3) is 0 Å². The lowest BCUT2D eigenvalue weighted by molar-refractivity contribution is -0.139. The first-order valence-electron chi connectivity index (χ1n) is 4.04. The normalized spacial score (nSPS) is 10.5. The van der Waals surface area contributed by atoms with Crippen molar-refractivity contribution in [3.05, 3.63) is 28.0 Å². The van der Waals surface area contributed by atoms with Gasteiger partial charge in [0, 0.05) is 4.47 Å². The Morgan fingerprint density at radius 1 is 1.60 bits per heavy atom. The highest BCUT2D eigenvalue weighted by molar-refractivity contribution is 9.10. The zero-order chi connectivity index (χ0) is 11.4. The van der Waals surface area contributed by atoms with Gasteiger partial charge >= 0.3 is 5.97 Å². The maximum atomic E-state index is 12.3. The number of aromatic nitrogens is 1. The SMILES string of the molecule is COC(=O)Cc1cc(Br)cc(C(F)F)n1. The minimum absolute atomic E-state index is 0.115. The number of rotatable bonds is 3. The van der Waals surface area contributed by atoms with E-state index in [-0.39, 0.29) is 17.8 Å². The fraction of sp³-hybridized carbons (Fsp3) is 0.333. The van der Waals surface area contributed by atoms with E-state index < -0.39 is 12.4 Å². The van der Waals surface area contributed by atoms with Crippen LogP contribution in [-0.2, 0) is 16.0 Å². The largest absolute Gasteiger partial charge is 0.469 e. The van der Waals surface area contributed by atoms with Gasteiger partial charge in [0.2, 0.25) is 0 Å². The van der Waals surface area contributed by atoms with Crippen LogP contribution in [0.4, 0.5) is 8.78 Å².